The molecular weight excluding hydrogens is 324 g/mol. The van der Waals surface area contributed by atoms with Crippen LogP contribution in [0.3, 0.4) is 0 Å². The molecule has 0 aliphatic heterocycles. The first-order valence-corrected chi connectivity index (χ1v) is 8.36. The van der Waals surface area contributed by atoms with Crippen LogP contribution < -0.4 is 4.74 Å². The highest BCUT2D eigenvalue weighted by Gasteiger charge is 2.22. The molecule has 8 heteroatoms. The molecule has 1 aromatic carbocycles. The van der Waals surface area contributed by atoms with Gasteiger partial charge in [0.05, 0.1) is 18.1 Å². The third-order valence-electron chi connectivity index (χ3n) is 2.78. The fourth-order valence-electron chi connectivity index (χ4n) is 1.57. The number of hydrogen-bond donors (Lipinski definition) is 0. The topological polar surface area (TPSA) is 67.2 Å². The van der Waals surface area contributed by atoms with Gasteiger partial charge in [-0.15, -0.1) is 0 Å². The van der Waals surface area contributed by atoms with E-state index >= 15 is 0 Å². The maximum Gasteiger partial charge on any atom is 0.264 e. The van der Waals surface area contributed by atoms with E-state index < -0.39 is 36.7 Å². The number of ether oxygens (including phenoxy) is 1. The summed E-state index contributed by atoms with van der Waals surface area (Å²) in [6.07, 6.45) is 0.999. The number of rotatable bonds is 6. The summed E-state index contributed by atoms with van der Waals surface area (Å²) in [5.74, 6) is -3.37. The smallest absolute Gasteiger partial charge is 0.264 e. The number of nitriles is 1. The average molecular weight is 338 g/mol. The Labute approximate surface area is 126 Å². The van der Waals surface area contributed by atoms with Crippen molar-refractivity contribution in [1.29, 1.82) is 5.26 Å². The fourth-order valence-corrected chi connectivity index (χ4v) is 2.46. The molecule has 0 unspecified atom stereocenters. The van der Waals surface area contributed by atoms with Crippen LogP contribution in [0.5, 0.6) is 5.75 Å². The molecule has 0 amide bonds. The van der Waals surface area contributed by atoms with Crippen molar-refractivity contribution >= 4 is 19.7 Å². The van der Waals surface area contributed by atoms with Crippen LogP contribution in [0.1, 0.15) is 26.7 Å². The van der Waals surface area contributed by atoms with Crippen LogP contribution >= 0.6 is 10.7 Å². The van der Waals surface area contributed by atoms with E-state index in [0.717, 1.165) is 12.1 Å². The largest absolute Gasteiger partial charge is 0.490 e. The van der Waals surface area contributed by atoms with Gasteiger partial charge in [0, 0.05) is 10.7 Å². The molecule has 0 heterocycles. The lowest BCUT2D eigenvalue weighted by atomic mass is 9.90. The SMILES string of the molecule is CC(C)(C#N)CCCOc1ccc(S(=O)(=O)Cl)c(F)c1F. The number of halogens is 3. The van der Waals surface area contributed by atoms with Gasteiger partial charge in [-0.3, -0.25) is 0 Å². The lowest BCUT2D eigenvalue weighted by molar-refractivity contribution is 0.268. The second-order valence-corrected chi connectivity index (χ2v) is 7.61. The van der Waals surface area contributed by atoms with Gasteiger partial charge in [-0.25, -0.2) is 12.8 Å². The first-order valence-electron chi connectivity index (χ1n) is 6.05. The fraction of sp³-hybridized carbons (Fsp3) is 0.462. The van der Waals surface area contributed by atoms with Crippen LogP contribution in [0.4, 0.5) is 8.78 Å². The molecule has 21 heavy (non-hydrogen) atoms. The highest BCUT2D eigenvalue weighted by atomic mass is 35.7. The molecule has 0 atom stereocenters. The van der Waals surface area contributed by atoms with Gasteiger partial charge in [0.25, 0.3) is 9.05 Å². The Bertz CT molecular complexity index is 669. The normalized spacial score (nSPS) is 12.0. The lowest BCUT2D eigenvalue weighted by Crippen LogP contribution is -2.10. The summed E-state index contributed by atoms with van der Waals surface area (Å²) < 4.78 is 54.3. The molecule has 0 bridgehead atoms. The van der Waals surface area contributed by atoms with E-state index in [-0.39, 0.29) is 6.61 Å². The van der Waals surface area contributed by atoms with E-state index in [2.05, 4.69) is 6.07 Å². The molecular formula is C13H14ClF2NO3S. The molecule has 0 aliphatic carbocycles. The molecule has 0 saturated heterocycles. The highest BCUT2D eigenvalue weighted by Crippen LogP contribution is 2.28. The number of nitrogens with zero attached hydrogens (tertiary/aromatic N) is 1. The van der Waals surface area contributed by atoms with Gasteiger partial charge in [0.15, 0.2) is 11.6 Å². The zero-order valence-electron chi connectivity index (χ0n) is 11.5. The van der Waals surface area contributed by atoms with Crippen molar-refractivity contribution in [3.05, 3.63) is 23.8 Å². The van der Waals surface area contributed by atoms with E-state index in [1.165, 1.54) is 0 Å². The Kier molecular flexibility index (Phi) is 5.54. The maximum absolute atomic E-state index is 13.6. The maximum atomic E-state index is 13.6. The predicted octanol–water partition coefficient (Wildman–Crippen LogP) is 3.60. The van der Waals surface area contributed by atoms with E-state index in [1.54, 1.807) is 13.8 Å². The Morgan fingerprint density at radius 2 is 1.95 bits per heavy atom. The summed E-state index contributed by atoms with van der Waals surface area (Å²) >= 11 is 0. The van der Waals surface area contributed by atoms with Crippen molar-refractivity contribution in [2.45, 2.75) is 31.6 Å². The highest BCUT2D eigenvalue weighted by molar-refractivity contribution is 8.13. The first-order chi connectivity index (χ1) is 9.58. The molecule has 0 fully saturated rings. The lowest BCUT2D eigenvalue weighted by Gasteiger charge is -2.15. The van der Waals surface area contributed by atoms with Crippen LogP contribution in [-0.2, 0) is 9.05 Å². The Morgan fingerprint density at radius 3 is 2.48 bits per heavy atom. The molecule has 116 valence electrons. The first kappa shape index (κ1) is 17.7. The molecule has 0 radical (unpaired) electrons. The molecule has 4 nitrogen and oxygen atoms in total. The van der Waals surface area contributed by atoms with Crippen LogP contribution in [0, 0.1) is 28.4 Å². The summed E-state index contributed by atoms with van der Waals surface area (Å²) in [4.78, 5) is -0.931. The number of benzene rings is 1. The van der Waals surface area contributed by atoms with Crippen LogP contribution in [0.25, 0.3) is 0 Å². The minimum atomic E-state index is -4.36. The predicted molar refractivity (Wildman–Crippen MR) is 73.5 cm³/mol. The summed E-state index contributed by atoms with van der Waals surface area (Å²) in [6.45, 7) is 3.59. The number of hydrogen-bond acceptors (Lipinski definition) is 4. The van der Waals surface area contributed by atoms with Gasteiger partial charge in [0.2, 0.25) is 5.82 Å². The molecule has 1 aromatic rings. The second-order valence-electron chi connectivity index (χ2n) is 5.08. The van der Waals surface area contributed by atoms with Crippen molar-refractivity contribution in [3.63, 3.8) is 0 Å². The summed E-state index contributed by atoms with van der Waals surface area (Å²) in [5.41, 5.74) is -0.524. The van der Waals surface area contributed by atoms with Crippen molar-refractivity contribution in [1.82, 2.24) is 0 Å². The third kappa shape index (κ3) is 4.83. The van der Waals surface area contributed by atoms with Gasteiger partial charge in [-0.1, -0.05) is 0 Å². The van der Waals surface area contributed by atoms with Crippen LogP contribution in [0.2, 0.25) is 0 Å². The molecule has 0 aromatic heterocycles. The van der Waals surface area contributed by atoms with Crippen molar-refractivity contribution in [2.24, 2.45) is 5.41 Å². The molecule has 0 spiro atoms. The average Bonchev–Trinajstić information content (AvgIpc) is 2.38. The van der Waals surface area contributed by atoms with Crippen molar-refractivity contribution in [3.8, 4) is 11.8 Å². The van der Waals surface area contributed by atoms with Gasteiger partial charge in [-0.2, -0.15) is 9.65 Å². The van der Waals surface area contributed by atoms with Gasteiger partial charge < -0.3 is 4.74 Å². The van der Waals surface area contributed by atoms with E-state index in [4.69, 9.17) is 20.7 Å². The van der Waals surface area contributed by atoms with Crippen molar-refractivity contribution < 1.29 is 21.9 Å². The van der Waals surface area contributed by atoms with Crippen molar-refractivity contribution in [2.75, 3.05) is 6.61 Å². The zero-order chi connectivity index (χ0) is 16.3. The summed E-state index contributed by atoms with van der Waals surface area (Å²) in [6, 6.07) is 3.96. The molecule has 0 N–H and O–H groups in total. The Morgan fingerprint density at radius 1 is 1.33 bits per heavy atom. The third-order valence-corrected chi connectivity index (χ3v) is 4.12. The van der Waals surface area contributed by atoms with E-state index in [0.29, 0.717) is 12.8 Å². The molecule has 1 rings (SSSR count). The summed E-state index contributed by atoms with van der Waals surface area (Å²) in [7, 11) is 0.620. The van der Waals surface area contributed by atoms with E-state index in [9.17, 15) is 17.2 Å². The molecule has 0 aliphatic rings. The zero-order valence-corrected chi connectivity index (χ0v) is 13.1. The van der Waals surface area contributed by atoms with Gasteiger partial charge in [0.1, 0.15) is 4.90 Å². The Hall–Kier alpha value is -1.39. The second kappa shape index (κ2) is 6.58. The minimum Gasteiger partial charge on any atom is -0.490 e. The van der Waals surface area contributed by atoms with Gasteiger partial charge in [-0.05, 0) is 38.8 Å². The minimum absolute atomic E-state index is 0.0778. The molecule has 0 saturated carbocycles. The Balaban J connectivity index is 2.75. The van der Waals surface area contributed by atoms with Crippen LogP contribution in [0.15, 0.2) is 17.0 Å². The monoisotopic (exact) mass is 337 g/mol. The standard InChI is InChI=1S/C13H14ClF2NO3S/c1-13(2,8-17)6-3-7-20-9-4-5-10(21(14,18)19)12(16)11(9)15/h4-5H,3,6-7H2,1-2H3. The van der Waals surface area contributed by atoms with E-state index in [1.807, 2.05) is 0 Å². The van der Waals surface area contributed by atoms with Crippen LogP contribution in [-0.4, -0.2) is 15.0 Å². The van der Waals surface area contributed by atoms with Gasteiger partial charge >= 0.3 is 0 Å². The quantitative estimate of drug-likeness (QED) is 0.587. The summed E-state index contributed by atoms with van der Waals surface area (Å²) in [5, 5.41) is 8.83.